The lowest BCUT2D eigenvalue weighted by atomic mass is 10.3. The summed E-state index contributed by atoms with van der Waals surface area (Å²) in [4.78, 5) is 17.5. The van der Waals surface area contributed by atoms with Gasteiger partial charge in [-0.25, -0.2) is 0 Å². The molecule has 2 N–H and O–H groups in total. The Morgan fingerprint density at radius 1 is 1.53 bits per heavy atom. The zero-order chi connectivity index (χ0) is 11.3. The molecule has 0 aliphatic rings. The fourth-order valence-electron chi connectivity index (χ4n) is 1.27. The van der Waals surface area contributed by atoms with Gasteiger partial charge in [-0.2, -0.15) is 0 Å². The molecular formula is C10H13N3OS. The average Bonchev–Trinajstić information content (AvgIpc) is 2.19. The molecule has 1 aromatic rings. The molecule has 0 saturated heterocycles. The molecule has 1 heterocycles. The van der Waals surface area contributed by atoms with Crippen LogP contribution in [-0.4, -0.2) is 22.4 Å². The minimum atomic E-state index is -0.0869. The number of nitrogens with two attached hydrogens (primary N) is 1. The van der Waals surface area contributed by atoms with E-state index in [0.717, 1.165) is 5.69 Å². The number of thiocarbonyl (C=S) groups is 1. The molecule has 0 unspecified atom stereocenters. The smallest absolute Gasteiger partial charge is 0.233 e. The lowest BCUT2D eigenvalue weighted by Crippen LogP contribution is -2.33. The van der Waals surface area contributed by atoms with Crippen molar-refractivity contribution in [2.24, 2.45) is 5.73 Å². The molecule has 0 bridgehead atoms. The maximum Gasteiger partial charge on any atom is 0.233 e. The van der Waals surface area contributed by atoms with E-state index >= 15 is 0 Å². The van der Waals surface area contributed by atoms with Gasteiger partial charge < -0.3 is 10.6 Å². The van der Waals surface area contributed by atoms with E-state index in [1.807, 2.05) is 6.92 Å². The summed E-state index contributed by atoms with van der Waals surface area (Å²) in [5, 5.41) is 0. The molecule has 0 fully saturated rings. The number of carbonyl (C=O) groups excluding carboxylic acids is 1. The van der Waals surface area contributed by atoms with Crippen molar-refractivity contribution in [2.75, 3.05) is 11.4 Å². The van der Waals surface area contributed by atoms with E-state index in [1.165, 1.54) is 0 Å². The number of amides is 1. The van der Waals surface area contributed by atoms with Crippen molar-refractivity contribution in [3.05, 3.63) is 24.5 Å². The van der Waals surface area contributed by atoms with Crippen LogP contribution in [0, 0.1) is 0 Å². The van der Waals surface area contributed by atoms with Gasteiger partial charge in [-0.05, 0) is 19.1 Å². The van der Waals surface area contributed by atoms with E-state index < -0.39 is 0 Å². The first-order valence-corrected chi connectivity index (χ1v) is 5.04. The fourth-order valence-corrected chi connectivity index (χ4v) is 1.39. The Balaban J connectivity index is 2.80. The monoisotopic (exact) mass is 223 g/mol. The number of anilines is 1. The van der Waals surface area contributed by atoms with Gasteiger partial charge in [0.05, 0.1) is 11.4 Å². The maximum absolute atomic E-state index is 11.7. The van der Waals surface area contributed by atoms with Crippen LogP contribution in [0.25, 0.3) is 0 Å². The predicted molar refractivity (Wildman–Crippen MR) is 63.7 cm³/mol. The molecule has 0 aromatic carbocycles. The number of carbonyl (C=O) groups is 1. The van der Waals surface area contributed by atoms with Crippen LogP contribution >= 0.6 is 12.2 Å². The quantitative estimate of drug-likeness (QED) is 0.777. The minimum Gasteiger partial charge on any atom is -0.393 e. The van der Waals surface area contributed by atoms with Gasteiger partial charge in [-0.15, -0.1) is 0 Å². The third-order valence-corrected chi connectivity index (χ3v) is 2.06. The number of pyridine rings is 1. The number of nitrogens with zero attached hydrogens (tertiary/aromatic N) is 2. The number of hydrogen-bond acceptors (Lipinski definition) is 3. The second-order valence-electron chi connectivity index (χ2n) is 2.99. The molecule has 0 spiro atoms. The molecule has 0 aliphatic heterocycles. The second-order valence-corrected chi connectivity index (χ2v) is 3.51. The predicted octanol–water partition coefficient (Wildman–Crippen LogP) is 1.11. The first-order valence-electron chi connectivity index (χ1n) is 4.63. The van der Waals surface area contributed by atoms with Crippen molar-refractivity contribution in [3.8, 4) is 0 Å². The van der Waals surface area contributed by atoms with E-state index in [9.17, 15) is 4.79 Å². The van der Waals surface area contributed by atoms with Crippen LogP contribution in [0.1, 0.15) is 13.3 Å². The van der Waals surface area contributed by atoms with Crippen LogP contribution in [0.4, 0.5) is 5.69 Å². The summed E-state index contributed by atoms with van der Waals surface area (Å²) in [6.45, 7) is 2.49. The molecule has 0 atom stereocenters. The van der Waals surface area contributed by atoms with Gasteiger partial charge >= 0.3 is 0 Å². The van der Waals surface area contributed by atoms with Crippen LogP contribution < -0.4 is 10.6 Å². The topological polar surface area (TPSA) is 59.2 Å². The summed E-state index contributed by atoms with van der Waals surface area (Å²) in [6.07, 6.45) is 3.39. The Morgan fingerprint density at radius 2 is 2.13 bits per heavy atom. The molecule has 1 rings (SSSR count). The molecule has 80 valence electrons. The van der Waals surface area contributed by atoms with E-state index in [2.05, 4.69) is 4.98 Å². The maximum atomic E-state index is 11.7. The van der Waals surface area contributed by atoms with Crippen molar-refractivity contribution in [3.63, 3.8) is 0 Å². The molecule has 1 amide bonds. The first kappa shape index (κ1) is 11.6. The van der Waals surface area contributed by atoms with E-state index in [0.29, 0.717) is 6.54 Å². The molecule has 4 nitrogen and oxygen atoms in total. The number of hydrogen-bond donors (Lipinski definition) is 1. The van der Waals surface area contributed by atoms with Crippen LogP contribution in [-0.2, 0) is 4.79 Å². The van der Waals surface area contributed by atoms with Crippen molar-refractivity contribution < 1.29 is 4.79 Å². The van der Waals surface area contributed by atoms with E-state index in [-0.39, 0.29) is 17.3 Å². The largest absolute Gasteiger partial charge is 0.393 e. The summed E-state index contributed by atoms with van der Waals surface area (Å²) in [5.74, 6) is -0.0869. The van der Waals surface area contributed by atoms with Gasteiger partial charge in [-0.1, -0.05) is 12.2 Å². The highest BCUT2D eigenvalue weighted by atomic mass is 32.1. The van der Waals surface area contributed by atoms with E-state index in [4.69, 9.17) is 18.0 Å². The third-order valence-electron chi connectivity index (χ3n) is 1.92. The summed E-state index contributed by atoms with van der Waals surface area (Å²) >= 11 is 4.71. The Kier molecular flexibility index (Phi) is 4.17. The van der Waals surface area contributed by atoms with Crippen molar-refractivity contribution >= 4 is 28.8 Å². The number of aromatic nitrogens is 1. The zero-order valence-electron chi connectivity index (χ0n) is 8.51. The molecule has 0 aliphatic carbocycles. The van der Waals surface area contributed by atoms with Gasteiger partial charge in [0.15, 0.2) is 0 Å². The van der Waals surface area contributed by atoms with Gasteiger partial charge in [-0.3, -0.25) is 9.78 Å². The highest BCUT2D eigenvalue weighted by molar-refractivity contribution is 7.80. The molecule has 15 heavy (non-hydrogen) atoms. The summed E-state index contributed by atoms with van der Waals surface area (Å²) in [6, 6.07) is 3.56. The highest BCUT2D eigenvalue weighted by Gasteiger charge is 2.13. The normalized spacial score (nSPS) is 9.67. The lowest BCUT2D eigenvalue weighted by Gasteiger charge is -2.20. The highest BCUT2D eigenvalue weighted by Crippen LogP contribution is 2.12. The Labute approximate surface area is 94.1 Å². The van der Waals surface area contributed by atoms with Crippen molar-refractivity contribution in [2.45, 2.75) is 13.3 Å². The molecule has 0 radical (unpaired) electrons. The first-order chi connectivity index (χ1) is 7.15. The minimum absolute atomic E-state index is 0.0869. The molecule has 0 saturated carbocycles. The van der Waals surface area contributed by atoms with Crippen LogP contribution in [0.3, 0.4) is 0 Å². The SMILES string of the molecule is CCN(C(=O)CC(N)=S)c1ccncc1. The zero-order valence-corrected chi connectivity index (χ0v) is 9.33. The Hall–Kier alpha value is -1.49. The summed E-state index contributed by atoms with van der Waals surface area (Å²) in [5.41, 5.74) is 6.15. The lowest BCUT2D eigenvalue weighted by molar-refractivity contribution is -0.117. The van der Waals surface area contributed by atoms with Crippen LogP contribution in [0.15, 0.2) is 24.5 Å². The average molecular weight is 223 g/mol. The second kappa shape index (κ2) is 5.41. The van der Waals surface area contributed by atoms with Gasteiger partial charge in [0.2, 0.25) is 5.91 Å². The molecule has 1 aromatic heterocycles. The third kappa shape index (κ3) is 3.28. The Bertz CT molecular complexity index is 353. The molecule has 5 heteroatoms. The molecular weight excluding hydrogens is 210 g/mol. The fraction of sp³-hybridized carbons (Fsp3) is 0.300. The van der Waals surface area contributed by atoms with Gasteiger partial charge in [0.25, 0.3) is 0 Å². The van der Waals surface area contributed by atoms with Gasteiger partial charge in [0.1, 0.15) is 0 Å². The van der Waals surface area contributed by atoms with Crippen molar-refractivity contribution in [1.82, 2.24) is 4.98 Å². The van der Waals surface area contributed by atoms with Crippen LogP contribution in [0.5, 0.6) is 0 Å². The van der Waals surface area contributed by atoms with E-state index in [1.54, 1.807) is 29.4 Å². The summed E-state index contributed by atoms with van der Waals surface area (Å²) in [7, 11) is 0. The van der Waals surface area contributed by atoms with Gasteiger partial charge in [0, 0.05) is 24.6 Å². The number of rotatable bonds is 4. The van der Waals surface area contributed by atoms with Crippen molar-refractivity contribution in [1.29, 1.82) is 0 Å². The Morgan fingerprint density at radius 3 is 2.60 bits per heavy atom. The standard InChI is InChI=1S/C10H13N3OS/c1-2-13(10(14)7-9(11)15)8-3-5-12-6-4-8/h3-6H,2,7H2,1H3,(H2,11,15). The van der Waals surface area contributed by atoms with Crippen LogP contribution in [0.2, 0.25) is 0 Å². The summed E-state index contributed by atoms with van der Waals surface area (Å²) < 4.78 is 0.